The third kappa shape index (κ3) is 3.44. The van der Waals surface area contributed by atoms with Crippen LogP contribution in [0.15, 0.2) is 0 Å². The number of nitriles is 1. The number of nitrogens with one attached hydrogen (secondary N) is 1. The zero-order valence-electron chi connectivity index (χ0n) is 11.1. The van der Waals surface area contributed by atoms with Crippen LogP contribution in [-0.4, -0.2) is 60.4 Å². The summed E-state index contributed by atoms with van der Waals surface area (Å²) in [6.07, 6.45) is 4.69. The van der Waals surface area contributed by atoms with Crippen LogP contribution in [0.3, 0.4) is 0 Å². The summed E-state index contributed by atoms with van der Waals surface area (Å²) >= 11 is 0. The van der Waals surface area contributed by atoms with Gasteiger partial charge in [-0.1, -0.05) is 6.42 Å². The molecule has 104 valence electrons. The number of piperidine rings is 1. The van der Waals surface area contributed by atoms with Gasteiger partial charge in [-0.25, -0.2) is 0 Å². The highest BCUT2D eigenvalue weighted by molar-refractivity contribution is 6.35. The van der Waals surface area contributed by atoms with Crippen molar-refractivity contribution in [2.45, 2.75) is 31.7 Å². The first-order chi connectivity index (χ1) is 9.22. The van der Waals surface area contributed by atoms with Crippen LogP contribution in [0.1, 0.15) is 25.7 Å². The molecule has 0 bridgehead atoms. The zero-order valence-corrected chi connectivity index (χ0v) is 11.1. The summed E-state index contributed by atoms with van der Waals surface area (Å²) in [7, 11) is 0. The first-order valence-electron chi connectivity index (χ1n) is 6.90. The number of amides is 2. The molecule has 2 amide bonds. The fourth-order valence-electron chi connectivity index (χ4n) is 2.85. The van der Waals surface area contributed by atoms with Gasteiger partial charge in [-0.15, -0.1) is 0 Å². The third-order valence-electron chi connectivity index (χ3n) is 3.88. The Morgan fingerprint density at radius 2 is 1.95 bits per heavy atom. The molecule has 0 aromatic rings. The molecule has 19 heavy (non-hydrogen) atoms. The molecule has 2 saturated heterocycles. The number of carbonyl (C=O) groups is 2. The monoisotopic (exact) mass is 264 g/mol. The third-order valence-corrected chi connectivity index (χ3v) is 3.88. The van der Waals surface area contributed by atoms with E-state index in [1.54, 1.807) is 11.0 Å². The second kappa shape index (κ2) is 6.53. The normalized spacial score (nSPS) is 23.9. The fourth-order valence-corrected chi connectivity index (χ4v) is 2.85. The predicted molar refractivity (Wildman–Crippen MR) is 69.0 cm³/mol. The molecule has 0 aromatic heterocycles. The Balaban J connectivity index is 1.82. The molecule has 0 saturated carbocycles. The minimum atomic E-state index is -0.666. The Kier molecular flexibility index (Phi) is 4.74. The van der Waals surface area contributed by atoms with E-state index in [0.29, 0.717) is 19.1 Å². The van der Waals surface area contributed by atoms with Crippen molar-refractivity contribution in [3.05, 3.63) is 0 Å². The molecule has 0 aromatic carbocycles. The van der Waals surface area contributed by atoms with Crippen LogP contribution in [0.5, 0.6) is 0 Å². The Hall–Kier alpha value is -1.61. The van der Waals surface area contributed by atoms with Crippen molar-refractivity contribution < 1.29 is 9.59 Å². The topological polar surface area (TPSA) is 76.4 Å². The maximum absolute atomic E-state index is 11.9. The van der Waals surface area contributed by atoms with Gasteiger partial charge in [0.2, 0.25) is 0 Å². The van der Waals surface area contributed by atoms with Crippen molar-refractivity contribution in [2.24, 2.45) is 0 Å². The standard InChI is InChI=1S/C13H20N4O2/c14-5-6-15-12(18)13(19)17-9-4-11(10-17)16-7-2-1-3-8-16/h11H,1-4,6-10H2,(H,15,18). The second-order valence-corrected chi connectivity index (χ2v) is 5.13. The first-order valence-corrected chi connectivity index (χ1v) is 6.90. The molecule has 1 atom stereocenters. The smallest absolute Gasteiger partial charge is 0.311 e. The molecule has 2 fully saturated rings. The molecule has 1 unspecified atom stereocenters. The van der Waals surface area contributed by atoms with Gasteiger partial charge in [0.05, 0.1) is 6.07 Å². The van der Waals surface area contributed by atoms with Crippen molar-refractivity contribution in [3.63, 3.8) is 0 Å². The quantitative estimate of drug-likeness (QED) is 0.549. The summed E-state index contributed by atoms with van der Waals surface area (Å²) in [5.41, 5.74) is 0. The lowest BCUT2D eigenvalue weighted by Crippen LogP contribution is -2.45. The summed E-state index contributed by atoms with van der Waals surface area (Å²) in [5.74, 6) is -1.17. The Bertz CT molecular complexity index is 385. The van der Waals surface area contributed by atoms with Gasteiger partial charge in [0.15, 0.2) is 0 Å². The van der Waals surface area contributed by atoms with Gasteiger partial charge in [-0.2, -0.15) is 5.26 Å². The lowest BCUT2D eigenvalue weighted by atomic mass is 10.1. The van der Waals surface area contributed by atoms with Crippen molar-refractivity contribution in [3.8, 4) is 6.07 Å². The van der Waals surface area contributed by atoms with E-state index in [0.717, 1.165) is 19.5 Å². The SMILES string of the molecule is N#CCNC(=O)C(=O)N1CCC(N2CCCCC2)C1. The average Bonchev–Trinajstić information content (AvgIpc) is 2.94. The molecule has 2 rings (SSSR count). The van der Waals surface area contributed by atoms with Crippen molar-refractivity contribution in [1.82, 2.24) is 15.1 Å². The van der Waals surface area contributed by atoms with Crippen LogP contribution in [-0.2, 0) is 9.59 Å². The van der Waals surface area contributed by atoms with E-state index in [-0.39, 0.29) is 6.54 Å². The number of likely N-dealkylation sites (tertiary alicyclic amines) is 2. The number of rotatable bonds is 2. The van der Waals surface area contributed by atoms with Crippen molar-refractivity contribution in [2.75, 3.05) is 32.7 Å². The molecule has 0 spiro atoms. The molecular weight excluding hydrogens is 244 g/mol. The van der Waals surface area contributed by atoms with Gasteiger partial charge in [0, 0.05) is 19.1 Å². The van der Waals surface area contributed by atoms with E-state index in [1.807, 2.05) is 0 Å². The Labute approximate surface area is 113 Å². The van der Waals surface area contributed by atoms with Gasteiger partial charge >= 0.3 is 11.8 Å². The first kappa shape index (κ1) is 13.8. The Morgan fingerprint density at radius 3 is 2.63 bits per heavy atom. The van der Waals surface area contributed by atoms with Crippen LogP contribution in [0.4, 0.5) is 0 Å². The highest BCUT2D eigenvalue weighted by Gasteiger charge is 2.33. The minimum Gasteiger partial charge on any atom is -0.335 e. The maximum Gasteiger partial charge on any atom is 0.311 e. The van der Waals surface area contributed by atoms with Crippen molar-refractivity contribution >= 4 is 11.8 Å². The number of hydrogen-bond acceptors (Lipinski definition) is 4. The predicted octanol–water partition coefficient (Wildman–Crippen LogP) is -0.287. The van der Waals surface area contributed by atoms with Crippen LogP contribution >= 0.6 is 0 Å². The number of nitrogens with zero attached hydrogens (tertiary/aromatic N) is 3. The van der Waals surface area contributed by atoms with E-state index in [9.17, 15) is 9.59 Å². The lowest BCUT2D eigenvalue weighted by Gasteiger charge is -2.32. The Morgan fingerprint density at radius 1 is 1.21 bits per heavy atom. The van der Waals surface area contributed by atoms with Crippen LogP contribution in [0, 0.1) is 11.3 Å². The second-order valence-electron chi connectivity index (χ2n) is 5.13. The molecule has 2 aliphatic rings. The van der Waals surface area contributed by atoms with Gasteiger partial charge in [0.25, 0.3) is 0 Å². The fraction of sp³-hybridized carbons (Fsp3) is 0.769. The molecule has 6 heteroatoms. The maximum atomic E-state index is 11.9. The number of hydrogen-bond donors (Lipinski definition) is 1. The largest absolute Gasteiger partial charge is 0.335 e. The highest BCUT2D eigenvalue weighted by Crippen LogP contribution is 2.20. The molecular formula is C13H20N4O2. The summed E-state index contributed by atoms with van der Waals surface area (Å²) < 4.78 is 0. The summed E-state index contributed by atoms with van der Waals surface area (Å²) in [6, 6.07) is 2.19. The van der Waals surface area contributed by atoms with E-state index in [2.05, 4.69) is 10.2 Å². The highest BCUT2D eigenvalue weighted by atomic mass is 16.2. The van der Waals surface area contributed by atoms with Gasteiger partial charge < -0.3 is 10.2 Å². The molecule has 0 aliphatic carbocycles. The lowest BCUT2D eigenvalue weighted by molar-refractivity contribution is -0.145. The minimum absolute atomic E-state index is 0.117. The van der Waals surface area contributed by atoms with Crippen molar-refractivity contribution in [1.29, 1.82) is 5.26 Å². The molecule has 2 aliphatic heterocycles. The summed E-state index contributed by atoms with van der Waals surface area (Å²) in [4.78, 5) is 27.4. The molecule has 1 N–H and O–H groups in total. The van der Waals surface area contributed by atoms with E-state index in [1.165, 1.54) is 19.3 Å². The average molecular weight is 264 g/mol. The van der Waals surface area contributed by atoms with Gasteiger partial charge in [-0.3, -0.25) is 14.5 Å². The summed E-state index contributed by atoms with van der Waals surface area (Å²) in [5, 5.41) is 10.7. The molecule has 2 heterocycles. The van der Waals surface area contributed by atoms with Crippen LogP contribution in [0.25, 0.3) is 0 Å². The summed E-state index contributed by atoms with van der Waals surface area (Å²) in [6.45, 7) is 3.37. The molecule has 0 radical (unpaired) electrons. The van der Waals surface area contributed by atoms with Crippen LogP contribution < -0.4 is 5.32 Å². The number of carbonyl (C=O) groups excluding carboxylic acids is 2. The van der Waals surface area contributed by atoms with Gasteiger partial charge in [-0.05, 0) is 32.4 Å². The molecule has 6 nitrogen and oxygen atoms in total. The van der Waals surface area contributed by atoms with Gasteiger partial charge in [0.1, 0.15) is 6.54 Å². The zero-order chi connectivity index (χ0) is 13.7. The van der Waals surface area contributed by atoms with E-state index in [4.69, 9.17) is 5.26 Å². The van der Waals surface area contributed by atoms with E-state index >= 15 is 0 Å². The van der Waals surface area contributed by atoms with E-state index < -0.39 is 11.8 Å². The van der Waals surface area contributed by atoms with Crippen LogP contribution in [0.2, 0.25) is 0 Å².